The van der Waals surface area contributed by atoms with Gasteiger partial charge in [-0.2, -0.15) is 10.2 Å². The highest BCUT2D eigenvalue weighted by Gasteiger charge is 2.25. The maximum Gasteiger partial charge on any atom is 0.148 e. The lowest BCUT2D eigenvalue weighted by Crippen LogP contribution is -2.25. The van der Waals surface area contributed by atoms with Crippen LogP contribution in [0.25, 0.3) is 11.4 Å². The minimum atomic E-state index is -0.257. The molecule has 2 aromatic carbocycles. The van der Waals surface area contributed by atoms with Crippen LogP contribution in [0.2, 0.25) is 0 Å². The highest BCUT2D eigenvalue weighted by molar-refractivity contribution is 5.46. The minimum absolute atomic E-state index is 0.180. The maximum absolute atomic E-state index is 14.3. The third-order valence-electron chi connectivity index (χ3n) is 5.78. The Kier molecular flexibility index (Phi) is 5.26. The van der Waals surface area contributed by atoms with Gasteiger partial charge in [0.05, 0.1) is 19.5 Å². The molecule has 0 unspecified atom stereocenters. The van der Waals surface area contributed by atoms with Crippen LogP contribution >= 0.6 is 0 Å². The SMILES string of the molecule is COc1ccccc1-n1cc(CN[C@H]2CCCc3c2cnn3-c2ccccc2F)cn1. The van der Waals surface area contributed by atoms with Crippen LogP contribution in [0.15, 0.2) is 67.1 Å². The van der Waals surface area contributed by atoms with Gasteiger partial charge >= 0.3 is 0 Å². The lowest BCUT2D eigenvalue weighted by atomic mass is 9.92. The molecule has 7 heteroatoms. The summed E-state index contributed by atoms with van der Waals surface area (Å²) in [5, 5.41) is 12.6. The molecule has 31 heavy (non-hydrogen) atoms. The third-order valence-corrected chi connectivity index (χ3v) is 5.78. The molecule has 0 fully saturated rings. The lowest BCUT2D eigenvalue weighted by molar-refractivity contribution is 0.411. The molecule has 2 heterocycles. The zero-order chi connectivity index (χ0) is 21.2. The van der Waals surface area contributed by atoms with E-state index in [1.807, 2.05) is 53.6 Å². The molecule has 0 saturated carbocycles. The normalized spacial score (nSPS) is 15.6. The predicted molar refractivity (Wildman–Crippen MR) is 116 cm³/mol. The van der Waals surface area contributed by atoms with E-state index in [0.29, 0.717) is 12.2 Å². The van der Waals surface area contributed by atoms with E-state index < -0.39 is 0 Å². The van der Waals surface area contributed by atoms with E-state index in [4.69, 9.17) is 4.74 Å². The molecule has 0 saturated heterocycles. The summed E-state index contributed by atoms with van der Waals surface area (Å²) in [6.07, 6.45) is 8.70. The summed E-state index contributed by atoms with van der Waals surface area (Å²) >= 11 is 0. The topological polar surface area (TPSA) is 56.9 Å². The molecule has 0 bridgehead atoms. The number of hydrogen-bond acceptors (Lipinski definition) is 4. The number of nitrogens with zero attached hydrogens (tertiary/aromatic N) is 4. The smallest absolute Gasteiger partial charge is 0.148 e. The van der Waals surface area contributed by atoms with E-state index >= 15 is 0 Å². The minimum Gasteiger partial charge on any atom is -0.494 e. The molecular weight excluding hydrogens is 393 g/mol. The van der Waals surface area contributed by atoms with Crippen molar-refractivity contribution in [2.24, 2.45) is 0 Å². The van der Waals surface area contributed by atoms with E-state index in [-0.39, 0.29) is 11.9 Å². The van der Waals surface area contributed by atoms with E-state index in [1.54, 1.807) is 23.9 Å². The fraction of sp³-hybridized carbons (Fsp3) is 0.250. The Hall–Kier alpha value is -3.45. The van der Waals surface area contributed by atoms with Crippen molar-refractivity contribution in [1.82, 2.24) is 24.9 Å². The molecule has 4 aromatic rings. The summed E-state index contributed by atoms with van der Waals surface area (Å²) in [5.41, 5.74) is 4.72. The molecule has 1 aliphatic carbocycles. The van der Waals surface area contributed by atoms with Crippen molar-refractivity contribution in [3.8, 4) is 17.1 Å². The van der Waals surface area contributed by atoms with Gasteiger partial charge in [0.2, 0.25) is 0 Å². The van der Waals surface area contributed by atoms with Gasteiger partial charge in [-0.05, 0) is 43.5 Å². The molecular formula is C24H24FN5O. The number of para-hydroxylation sites is 3. The first-order chi connectivity index (χ1) is 15.2. The first kappa shape index (κ1) is 19.5. The second kappa shape index (κ2) is 8.35. The van der Waals surface area contributed by atoms with Gasteiger partial charge in [0.1, 0.15) is 22.9 Å². The van der Waals surface area contributed by atoms with Crippen molar-refractivity contribution >= 4 is 0 Å². The summed E-state index contributed by atoms with van der Waals surface area (Å²) in [7, 11) is 1.66. The molecule has 158 valence electrons. The number of ether oxygens (including phenoxy) is 1. The third kappa shape index (κ3) is 3.72. The molecule has 0 spiro atoms. The van der Waals surface area contributed by atoms with E-state index in [0.717, 1.165) is 47.5 Å². The number of fused-ring (bicyclic) bond motifs is 1. The number of benzene rings is 2. The fourth-order valence-electron chi connectivity index (χ4n) is 4.24. The Morgan fingerprint density at radius 3 is 2.71 bits per heavy atom. The number of aromatic nitrogens is 4. The van der Waals surface area contributed by atoms with Gasteiger partial charge in [0, 0.05) is 35.6 Å². The Balaban J connectivity index is 1.33. The van der Waals surface area contributed by atoms with Crippen molar-refractivity contribution in [3.05, 3.63) is 89.8 Å². The Morgan fingerprint density at radius 1 is 1.06 bits per heavy atom. The van der Waals surface area contributed by atoms with Crippen molar-refractivity contribution in [2.75, 3.05) is 7.11 Å². The number of nitrogens with one attached hydrogen (secondary N) is 1. The Labute approximate surface area is 180 Å². The van der Waals surface area contributed by atoms with Crippen LogP contribution in [0.3, 0.4) is 0 Å². The van der Waals surface area contributed by atoms with Gasteiger partial charge in [0.25, 0.3) is 0 Å². The summed E-state index contributed by atoms with van der Waals surface area (Å²) in [5.74, 6) is 0.523. The van der Waals surface area contributed by atoms with Crippen LogP contribution in [0.1, 0.15) is 35.7 Å². The van der Waals surface area contributed by atoms with E-state index in [9.17, 15) is 4.39 Å². The fourth-order valence-corrected chi connectivity index (χ4v) is 4.24. The molecule has 0 aliphatic heterocycles. The number of hydrogen-bond donors (Lipinski definition) is 1. The molecule has 6 nitrogen and oxygen atoms in total. The van der Waals surface area contributed by atoms with Crippen molar-refractivity contribution < 1.29 is 9.13 Å². The van der Waals surface area contributed by atoms with Gasteiger partial charge in [0.15, 0.2) is 0 Å². The Morgan fingerprint density at radius 2 is 1.87 bits per heavy atom. The van der Waals surface area contributed by atoms with Crippen LogP contribution in [0, 0.1) is 5.82 Å². The number of halogens is 1. The highest BCUT2D eigenvalue weighted by Crippen LogP contribution is 2.32. The van der Waals surface area contributed by atoms with Gasteiger partial charge in [-0.25, -0.2) is 13.8 Å². The predicted octanol–water partition coefficient (Wildman–Crippen LogP) is 4.37. The summed E-state index contributed by atoms with van der Waals surface area (Å²) < 4.78 is 23.3. The average molecular weight is 417 g/mol. The monoisotopic (exact) mass is 417 g/mol. The largest absolute Gasteiger partial charge is 0.494 e. The van der Waals surface area contributed by atoms with Crippen LogP contribution in [0.5, 0.6) is 5.75 Å². The summed E-state index contributed by atoms with van der Waals surface area (Å²) in [6.45, 7) is 0.685. The molecule has 1 atom stereocenters. The molecule has 2 aromatic heterocycles. The van der Waals surface area contributed by atoms with E-state index in [2.05, 4.69) is 15.5 Å². The summed E-state index contributed by atoms with van der Waals surface area (Å²) in [6, 6.07) is 14.8. The molecule has 5 rings (SSSR count). The quantitative estimate of drug-likeness (QED) is 0.506. The van der Waals surface area contributed by atoms with Crippen LogP contribution < -0.4 is 10.1 Å². The molecule has 1 aliphatic rings. The molecule has 1 N–H and O–H groups in total. The average Bonchev–Trinajstić information content (AvgIpc) is 3.45. The molecule has 0 radical (unpaired) electrons. The van der Waals surface area contributed by atoms with Crippen molar-refractivity contribution in [2.45, 2.75) is 31.8 Å². The van der Waals surface area contributed by atoms with Crippen LogP contribution in [-0.4, -0.2) is 26.7 Å². The summed E-state index contributed by atoms with van der Waals surface area (Å²) in [4.78, 5) is 0. The standard InChI is InChI=1S/C24H24FN5O/c1-31-24-12-5-4-10-23(24)29-16-17(14-27-29)13-26-20-8-6-11-21-18(20)15-28-30(21)22-9-3-2-7-19(22)25/h2-5,7,9-10,12,14-16,20,26H,6,8,11,13H2,1H3/t20-/m0/s1. The van der Waals surface area contributed by atoms with Crippen LogP contribution in [-0.2, 0) is 13.0 Å². The van der Waals surface area contributed by atoms with Crippen molar-refractivity contribution in [1.29, 1.82) is 0 Å². The second-order valence-electron chi connectivity index (χ2n) is 7.70. The van der Waals surface area contributed by atoms with Crippen molar-refractivity contribution in [3.63, 3.8) is 0 Å². The number of rotatable bonds is 6. The molecule has 0 amide bonds. The van der Waals surface area contributed by atoms with Gasteiger partial charge < -0.3 is 10.1 Å². The first-order valence-corrected chi connectivity index (χ1v) is 10.5. The van der Waals surface area contributed by atoms with Gasteiger partial charge in [-0.1, -0.05) is 24.3 Å². The van der Waals surface area contributed by atoms with Gasteiger partial charge in [-0.15, -0.1) is 0 Å². The van der Waals surface area contributed by atoms with Crippen LogP contribution in [0.4, 0.5) is 4.39 Å². The zero-order valence-electron chi connectivity index (χ0n) is 17.3. The highest BCUT2D eigenvalue weighted by atomic mass is 19.1. The van der Waals surface area contributed by atoms with Gasteiger partial charge in [-0.3, -0.25) is 0 Å². The maximum atomic E-state index is 14.3. The first-order valence-electron chi connectivity index (χ1n) is 10.5. The van der Waals surface area contributed by atoms with E-state index in [1.165, 1.54) is 6.07 Å². The number of methoxy groups -OCH3 is 1. The Bertz CT molecular complexity index is 1200. The zero-order valence-corrected chi connectivity index (χ0v) is 17.3. The second-order valence-corrected chi connectivity index (χ2v) is 7.70. The lowest BCUT2D eigenvalue weighted by Gasteiger charge is -2.24.